The largest absolute Gasteiger partial charge is 0.334 e. The van der Waals surface area contributed by atoms with Crippen LogP contribution in [-0.2, 0) is 4.79 Å². The number of carbonyl (C=O) groups is 1. The Morgan fingerprint density at radius 1 is 1.16 bits per heavy atom. The van der Waals surface area contributed by atoms with Crippen molar-refractivity contribution in [2.24, 2.45) is 5.92 Å². The lowest BCUT2D eigenvalue weighted by Crippen LogP contribution is -2.35. The van der Waals surface area contributed by atoms with E-state index in [1.807, 2.05) is 61.5 Å². The number of imidazole rings is 2. The SMILES string of the molecule is Cc1ncn(-c2ccc(NC(=O)C3CC(n4ccnc4)C3)cc2)c1C. The number of aromatic nitrogens is 4. The number of carbonyl (C=O) groups excluding carboxylic acids is 1. The van der Waals surface area contributed by atoms with Crippen molar-refractivity contribution in [2.45, 2.75) is 32.7 Å². The Bertz CT molecular complexity index is 873. The average molecular weight is 335 g/mol. The van der Waals surface area contributed by atoms with E-state index in [4.69, 9.17) is 0 Å². The maximum Gasteiger partial charge on any atom is 0.227 e. The molecule has 1 aromatic carbocycles. The van der Waals surface area contributed by atoms with E-state index in [0.717, 1.165) is 35.6 Å². The summed E-state index contributed by atoms with van der Waals surface area (Å²) in [5.74, 6) is 0.171. The standard InChI is InChI=1S/C19H21N5O/c1-13-14(2)24(12-21-13)17-5-3-16(4-6-17)22-19(25)15-9-18(10-15)23-8-7-20-11-23/h3-8,11-12,15,18H,9-10H2,1-2H3,(H,22,25). The van der Waals surface area contributed by atoms with E-state index in [-0.39, 0.29) is 11.8 Å². The van der Waals surface area contributed by atoms with Gasteiger partial charge >= 0.3 is 0 Å². The molecule has 1 saturated carbocycles. The van der Waals surface area contributed by atoms with Crippen LogP contribution >= 0.6 is 0 Å². The molecule has 6 heteroatoms. The molecule has 1 N–H and O–H groups in total. The molecule has 0 saturated heterocycles. The number of aryl methyl sites for hydroxylation is 1. The molecule has 0 aliphatic heterocycles. The minimum Gasteiger partial charge on any atom is -0.334 e. The highest BCUT2D eigenvalue weighted by molar-refractivity contribution is 5.93. The highest BCUT2D eigenvalue weighted by Gasteiger charge is 2.35. The van der Waals surface area contributed by atoms with Crippen LogP contribution in [-0.4, -0.2) is 25.0 Å². The highest BCUT2D eigenvalue weighted by Crippen LogP contribution is 2.38. The number of hydrogen-bond acceptors (Lipinski definition) is 3. The van der Waals surface area contributed by atoms with Crippen LogP contribution in [0.4, 0.5) is 5.69 Å². The van der Waals surface area contributed by atoms with Gasteiger partial charge in [-0.15, -0.1) is 0 Å². The Labute approximate surface area is 146 Å². The average Bonchev–Trinajstić information content (AvgIpc) is 3.19. The fourth-order valence-corrected chi connectivity index (χ4v) is 3.24. The first-order chi connectivity index (χ1) is 12.1. The van der Waals surface area contributed by atoms with Crippen molar-refractivity contribution in [1.29, 1.82) is 0 Å². The molecular formula is C19H21N5O. The predicted molar refractivity (Wildman–Crippen MR) is 95.7 cm³/mol. The summed E-state index contributed by atoms with van der Waals surface area (Å²) in [4.78, 5) is 20.8. The molecule has 0 spiro atoms. The van der Waals surface area contributed by atoms with Crippen LogP contribution < -0.4 is 5.32 Å². The van der Waals surface area contributed by atoms with Crippen molar-refractivity contribution >= 4 is 11.6 Å². The van der Waals surface area contributed by atoms with Gasteiger partial charge in [0.1, 0.15) is 0 Å². The Hall–Kier alpha value is -2.89. The number of anilines is 1. The Morgan fingerprint density at radius 2 is 1.92 bits per heavy atom. The summed E-state index contributed by atoms with van der Waals surface area (Å²) in [5.41, 5.74) is 4.01. The zero-order valence-corrected chi connectivity index (χ0v) is 14.4. The summed E-state index contributed by atoms with van der Waals surface area (Å²) in [7, 11) is 0. The summed E-state index contributed by atoms with van der Waals surface area (Å²) in [6, 6.07) is 8.27. The first kappa shape index (κ1) is 15.6. The van der Waals surface area contributed by atoms with Gasteiger partial charge in [-0.25, -0.2) is 9.97 Å². The van der Waals surface area contributed by atoms with Crippen LogP contribution in [0, 0.1) is 19.8 Å². The van der Waals surface area contributed by atoms with E-state index in [1.54, 1.807) is 6.20 Å². The maximum absolute atomic E-state index is 12.4. The second-order valence-electron chi connectivity index (χ2n) is 6.65. The fraction of sp³-hybridized carbons (Fsp3) is 0.316. The van der Waals surface area contributed by atoms with E-state index in [0.29, 0.717) is 6.04 Å². The van der Waals surface area contributed by atoms with Crippen molar-refractivity contribution < 1.29 is 4.79 Å². The molecule has 0 radical (unpaired) electrons. The third-order valence-electron chi connectivity index (χ3n) is 5.10. The number of nitrogens with one attached hydrogen (secondary N) is 1. The minimum atomic E-state index is 0.0746. The van der Waals surface area contributed by atoms with Crippen LogP contribution in [0.5, 0.6) is 0 Å². The molecule has 1 aliphatic carbocycles. The normalized spacial score (nSPS) is 19.4. The van der Waals surface area contributed by atoms with E-state index in [2.05, 4.69) is 19.9 Å². The zero-order chi connectivity index (χ0) is 17.4. The van der Waals surface area contributed by atoms with Crippen molar-refractivity contribution in [3.63, 3.8) is 0 Å². The lowest BCUT2D eigenvalue weighted by molar-refractivity contribution is -0.123. The Kier molecular flexibility index (Phi) is 3.87. The van der Waals surface area contributed by atoms with Gasteiger partial charge < -0.3 is 14.5 Å². The van der Waals surface area contributed by atoms with Crippen molar-refractivity contribution in [1.82, 2.24) is 19.1 Å². The van der Waals surface area contributed by atoms with Crippen LogP contribution in [0.2, 0.25) is 0 Å². The second kappa shape index (κ2) is 6.20. The van der Waals surface area contributed by atoms with Crippen LogP contribution in [0.15, 0.2) is 49.3 Å². The van der Waals surface area contributed by atoms with E-state index in [9.17, 15) is 4.79 Å². The zero-order valence-electron chi connectivity index (χ0n) is 14.4. The lowest BCUT2D eigenvalue weighted by Gasteiger charge is -2.34. The topological polar surface area (TPSA) is 64.7 Å². The number of amides is 1. The Morgan fingerprint density at radius 3 is 2.52 bits per heavy atom. The Balaban J connectivity index is 1.37. The number of benzene rings is 1. The van der Waals surface area contributed by atoms with E-state index >= 15 is 0 Å². The molecule has 0 atom stereocenters. The van der Waals surface area contributed by atoms with E-state index < -0.39 is 0 Å². The quantitative estimate of drug-likeness (QED) is 0.796. The smallest absolute Gasteiger partial charge is 0.227 e. The fourth-order valence-electron chi connectivity index (χ4n) is 3.24. The monoisotopic (exact) mass is 335 g/mol. The molecule has 4 rings (SSSR count). The molecule has 0 unspecified atom stereocenters. The van der Waals surface area contributed by atoms with Gasteiger partial charge in [0.25, 0.3) is 0 Å². The summed E-state index contributed by atoms with van der Waals surface area (Å²) in [5, 5.41) is 3.02. The summed E-state index contributed by atoms with van der Waals surface area (Å²) in [6.07, 6.45) is 9.11. The number of nitrogens with zero attached hydrogens (tertiary/aromatic N) is 4. The van der Waals surface area contributed by atoms with Gasteiger partial charge in [0.15, 0.2) is 0 Å². The third-order valence-corrected chi connectivity index (χ3v) is 5.10. The van der Waals surface area contributed by atoms with Crippen LogP contribution in [0.25, 0.3) is 5.69 Å². The molecule has 0 bridgehead atoms. The molecule has 6 nitrogen and oxygen atoms in total. The molecular weight excluding hydrogens is 314 g/mol. The lowest BCUT2D eigenvalue weighted by atomic mass is 9.79. The molecule has 1 fully saturated rings. The van der Waals surface area contributed by atoms with Gasteiger partial charge in [-0.2, -0.15) is 0 Å². The van der Waals surface area contributed by atoms with Crippen molar-refractivity contribution in [2.75, 3.05) is 5.32 Å². The molecule has 3 aromatic rings. The second-order valence-corrected chi connectivity index (χ2v) is 6.65. The highest BCUT2D eigenvalue weighted by atomic mass is 16.1. The first-order valence-electron chi connectivity index (χ1n) is 8.51. The van der Waals surface area contributed by atoms with Gasteiger partial charge in [-0.1, -0.05) is 0 Å². The summed E-state index contributed by atoms with van der Waals surface area (Å²) < 4.78 is 4.12. The van der Waals surface area contributed by atoms with Gasteiger partial charge in [0.2, 0.25) is 5.91 Å². The van der Waals surface area contributed by atoms with Crippen LogP contribution in [0.3, 0.4) is 0 Å². The molecule has 25 heavy (non-hydrogen) atoms. The van der Waals surface area contributed by atoms with Gasteiger partial charge in [-0.3, -0.25) is 4.79 Å². The van der Waals surface area contributed by atoms with Crippen molar-refractivity contribution in [3.8, 4) is 5.69 Å². The van der Waals surface area contributed by atoms with Gasteiger partial charge in [-0.05, 0) is 51.0 Å². The molecule has 128 valence electrons. The molecule has 2 aromatic heterocycles. The van der Waals surface area contributed by atoms with Crippen LogP contribution in [0.1, 0.15) is 30.3 Å². The van der Waals surface area contributed by atoms with Gasteiger partial charge in [0.05, 0.1) is 18.3 Å². The maximum atomic E-state index is 12.4. The first-order valence-corrected chi connectivity index (χ1v) is 8.51. The minimum absolute atomic E-state index is 0.0746. The third kappa shape index (κ3) is 2.95. The molecule has 2 heterocycles. The molecule has 1 aliphatic rings. The van der Waals surface area contributed by atoms with Gasteiger partial charge in [0, 0.05) is 41.4 Å². The summed E-state index contributed by atoms with van der Waals surface area (Å²) >= 11 is 0. The molecule has 1 amide bonds. The predicted octanol–water partition coefficient (Wildman–Crippen LogP) is 3.28. The number of hydrogen-bond donors (Lipinski definition) is 1. The number of rotatable bonds is 4. The summed E-state index contributed by atoms with van der Waals surface area (Å²) in [6.45, 7) is 4.04. The van der Waals surface area contributed by atoms with Crippen molar-refractivity contribution in [3.05, 3.63) is 60.7 Å². The van der Waals surface area contributed by atoms with E-state index in [1.165, 1.54) is 0 Å².